The van der Waals surface area contributed by atoms with Crippen molar-refractivity contribution in [1.29, 1.82) is 0 Å². The highest BCUT2D eigenvalue weighted by Crippen LogP contribution is 2.29. The van der Waals surface area contributed by atoms with Crippen LogP contribution in [0, 0.1) is 6.92 Å². The van der Waals surface area contributed by atoms with Gasteiger partial charge in [-0.15, -0.1) is 13.2 Å². The van der Waals surface area contributed by atoms with Crippen molar-refractivity contribution < 1.29 is 22.3 Å². The van der Waals surface area contributed by atoms with Crippen LogP contribution in [0.2, 0.25) is 0 Å². The number of ether oxygens (including phenoxy) is 1. The van der Waals surface area contributed by atoms with Crippen LogP contribution in [-0.2, 0) is 6.42 Å². The molecule has 0 amide bonds. The van der Waals surface area contributed by atoms with Gasteiger partial charge in [-0.2, -0.15) is 0 Å². The van der Waals surface area contributed by atoms with E-state index in [0.29, 0.717) is 18.2 Å². The molecule has 36 heavy (non-hydrogen) atoms. The summed E-state index contributed by atoms with van der Waals surface area (Å²) in [4.78, 5) is 14.7. The number of fused-ring (bicyclic) bond motifs is 1. The van der Waals surface area contributed by atoms with Gasteiger partial charge in [0.25, 0.3) is 0 Å². The quantitative estimate of drug-likeness (QED) is 0.221. The van der Waals surface area contributed by atoms with Gasteiger partial charge in [0, 0.05) is 6.54 Å². The molecule has 3 heterocycles. The van der Waals surface area contributed by atoms with Gasteiger partial charge in [0.2, 0.25) is 0 Å². The maximum absolute atomic E-state index is 12.3. The molecule has 184 valence electrons. The molecule has 5 aromatic rings. The number of nitrogens with one attached hydrogen (secondary N) is 1. The third-order valence-corrected chi connectivity index (χ3v) is 6.32. The first-order valence-electron chi connectivity index (χ1n) is 11.2. The zero-order valence-electron chi connectivity index (χ0n) is 19.2. The molecule has 0 bridgehead atoms. The van der Waals surface area contributed by atoms with Crippen molar-refractivity contribution in [2.45, 2.75) is 26.1 Å². The predicted molar refractivity (Wildman–Crippen MR) is 133 cm³/mol. The number of aromatic nitrogens is 3. The number of anilines is 1. The van der Waals surface area contributed by atoms with E-state index in [2.05, 4.69) is 25.0 Å². The third-order valence-electron chi connectivity index (χ3n) is 5.45. The van der Waals surface area contributed by atoms with Crippen molar-refractivity contribution in [3.8, 4) is 28.3 Å². The number of furan rings is 1. The Labute approximate surface area is 208 Å². The molecule has 0 unspecified atom stereocenters. The maximum atomic E-state index is 12.3. The molecule has 5 rings (SSSR count). The fraction of sp³-hybridized carbons (Fsp3) is 0.192. The van der Waals surface area contributed by atoms with Crippen molar-refractivity contribution in [1.82, 2.24) is 15.0 Å². The molecule has 0 fully saturated rings. The summed E-state index contributed by atoms with van der Waals surface area (Å²) in [5.74, 6) is 1.06. The molecule has 1 N–H and O–H groups in total. The molecular weight excluding hydrogens is 489 g/mol. The second-order valence-corrected chi connectivity index (χ2v) is 9.28. The van der Waals surface area contributed by atoms with Crippen molar-refractivity contribution in [3.63, 3.8) is 0 Å². The molecule has 10 heteroatoms. The van der Waals surface area contributed by atoms with Crippen LogP contribution in [0.1, 0.15) is 17.0 Å². The Morgan fingerprint density at radius 3 is 2.31 bits per heavy atom. The van der Waals surface area contributed by atoms with E-state index in [0.717, 1.165) is 50.5 Å². The normalized spacial score (nSPS) is 11.7. The molecule has 2 aromatic carbocycles. The van der Waals surface area contributed by atoms with Crippen LogP contribution in [-0.4, -0.2) is 27.9 Å². The molecule has 0 aliphatic heterocycles. The molecule has 0 aliphatic rings. The number of hydrogen-bond donors (Lipinski definition) is 1. The minimum atomic E-state index is -4.70. The first kappa shape index (κ1) is 23.8. The fourth-order valence-corrected chi connectivity index (χ4v) is 4.57. The summed E-state index contributed by atoms with van der Waals surface area (Å²) >= 11 is 1.53. The lowest BCUT2D eigenvalue weighted by Gasteiger charge is -2.10. The molecule has 0 saturated heterocycles. The van der Waals surface area contributed by atoms with E-state index in [-0.39, 0.29) is 5.75 Å². The number of benzene rings is 2. The average molecular weight is 511 g/mol. The van der Waals surface area contributed by atoms with Crippen LogP contribution in [0.15, 0.2) is 71.5 Å². The van der Waals surface area contributed by atoms with E-state index in [1.54, 1.807) is 24.7 Å². The van der Waals surface area contributed by atoms with Gasteiger partial charge in [-0.3, -0.25) is 0 Å². The summed E-state index contributed by atoms with van der Waals surface area (Å²) < 4.78 is 46.1. The van der Waals surface area contributed by atoms with E-state index >= 15 is 0 Å². The number of halogens is 3. The summed E-state index contributed by atoms with van der Waals surface area (Å²) in [6, 6.07) is 15.7. The second kappa shape index (κ2) is 9.98. The Kier molecular flexibility index (Phi) is 6.60. The molecule has 0 aliphatic carbocycles. The van der Waals surface area contributed by atoms with Gasteiger partial charge in [0.15, 0.2) is 11.6 Å². The number of nitrogens with zero attached hydrogens (tertiary/aromatic N) is 3. The monoisotopic (exact) mass is 510 g/mol. The van der Waals surface area contributed by atoms with Crippen LogP contribution in [0.25, 0.3) is 32.9 Å². The fourth-order valence-electron chi connectivity index (χ4n) is 3.78. The van der Waals surface area contributed by atoms with Crippen molar-refractivity contribution in [2.75, 3.05) is 11.9 Å². The van der Waals surface area contributed by atoms with Crippen LogP contribution < -0.4 is 10.1 Å². The third kappa shape index (κ3) is 5.65. The first-order chi connectivity index (χ1) is 17.3. The standard InChI is InChI=1S/C26H21F3N4O2S/c1-16-31-22-24(32-23(33-25(22)36-16)20-12-14-34-15-20)30-13-2-3-17-4-6-18(7-5-17)19-8-10-21(11-9-19)35-26(27,28)29/h4-12,14-15H,2-3,13H2,1H3,(H,30,32,33). The minimum absolute atomic E-state index is 0.235. The second-order valence-electron chi connectivity index (χ2n) is 8.09. The first-order valence-corrected chi connectivity index (χ1v) is 12.0. The molecule has 0 radical (unpaired) electrons. The summed E-state index contributed by atoms with van der Waals surface area (Å²) in [5.41, 5.74) is 4.48. The summed E-state index contributed by atoms with van der Waals surface area (Å²) in [6.07, 6.45) is 0.242. The van der Waals surface area contributed by atoms with E-state index < -0.39 is 6.36 Å². The van der Waals surface area contributed by atoms with E-state index in [9.17, 15) is 13.2 Å². The zero-order chi connectivity index (χ0) is 25.1. The lowest BCUT2D eigenvalue weighted by Crippen LogP contribution is -2.16. The van der Waals surface area contributed by atoms with Gasteiger partial charge in [-0.05, 0) is 54.7 Å². The topological polar surface area (TPSA) is 73.1 Å². The van der Waals surface area contributed by atoms with Crippen LogP contribution in [0.4, 0.5) is 19.0 Å². The predicted octanol–water partition coefficient (Wildman–Crippen LogP) is 7.27. The van der Waals surface area contributed by atoms with Crippen molar-refractivity contribution in [3.05, 3.63) is 77.7 Å². The summed E-state index contributed by atoms with van der Waals surface area (Å²) in [5, 5.41) is 4.33. The Hall–Kier alpha value is -3.92. The van der Waals surface area contributed by atoms with Gasteiger partial charge in [-0.25, -0.2) is 15.0 Å². The molecular formula is C26H21F3N4O2S. The highest BCUT2D eigenvalue weighted by molar-refractivity contribution is 7.18. The number of hydrogen-bond acceptors (Lipinski definition) is 7. The van der Waals surface area contributed by atoms with Gasteiger partial charge in [0.05, 0.1) is 16.8 Å². The molecule has 0 spiro atoms. The molecule has 3 aromatic heterocycles. The zero-order valence-corrected chi connectivity index (χ0v) is 20.0. The van der Waals surface area contributed by atoms with Crippen LogP contribution in [0.5, 0.6) is 5.75 Å². The number of aryl methyl sites for hydroxylation is 2. The molecule has 6 nitrogen and oxygen atoms in total. The Morgan fingerprint density at radius 2 is 1.64 bits per heavy atom. The van der Waals surface area contributed by atoms with E-state index in [1.165, 1.54) is 23.5 Å². The number of alkyl halides is 3. The highest BCUT2D eigenvalue weighted by Gasteiger charge is 2.30. The SMILES string of the molecule is Cc1nc2c(NCCCc3ccc(-c4ccc(OC(F)(F)F)cc4)cc3)nc(-c3ccoc3)nc2s1. The molecule has 0 saturated carbocycles. The van der Waals surface area contributed by atoms with Gasteiger partial charge in [-0.1, -0.05) is 47.7 Å². The lowest BCUT2D eigenvalue weighted by molar-refractivity contribution is -0.274. The maximum Gasteiger partial charge on any atom is 0.573 e. The summed E-state index contributed by atoms with van der Waals surface area (Å²) in [7, 11) is 0. The van der Waals surface area contributed by atoms with E-state index in [4.69, 9.17) is 4.42 Å². The molecule has 0 atom stereocenters. The van der Waals surface area contributed by atoms with Crippen LogP contribution >= 0.6 is 11.3 Å². The largest absolute Gasteiger partial charge is 0.573 e. The van der Waals surface area contributed by atoms with Crippen molar-refractivity contribution in [2.24, 2.45) is 0 Å². The lowest BCUT2D eigenvalue weighted by atomic mass is 10.0. The Bertz CT molecular complexity index is 1450. The summed E-state index contributed by atoms with van der Waals surface area (Å²) in [6.45, 7) is 2.65. The Morgan fingerprint density at radius 1 is 0.917 bits per heavy atom. The minimum Gasteiger partial charge on any atom is -0.472 e. The number of thiazole rings is 1. The highest BCUT2D eigenvalue weighted by atomic mass is 32.1. The van der Waals surface area contributed by atoms with Gasteiger partial charge < -0.3 is 14.5 Å². The number of rotatable bonds is 8. The smallest absolute Gasteiger partial charge is 0.472 e. The van der Waals surface area contributed by atoms with Gasteiger partial charge >= 0.3 is 6.36 Å². The Balaban J connectivity index is 1.20. The van der Waals surface area contributed by atoms with Crippen molar-refractivity contribution >= 4 is 27.5 Å². The van der Waals surface area contributed by atoms with Crippen LogP contribution in [0.3, 0.4) is 0 Å². The van der Waals surface area contributed by atoms with E-state index in [1.807, 2.05) is 37.3 Å². The average Bonchev–Trinajstić information content (AvgIpc) is 3.51. The van der Waals surface area contributed by atoms with Gasteiger partial charge in [0.1, 0.15) is 22.4 Å².